The number of rotatable bonds is 4. The zero-order valence-corrected chi connectivity index (χ0v) is 13.7. The molecule has 3 nitrogen and oxygen atoms in total. The summed E-state index contributed by atoms with van der Waals surface area (Å²) in [6.07, 6.45) is 0. The summed E-state index contributed by atoms with van der Waals surface area (Å²) in [6.45, 7) is 6.36. The lowest BCUT2D eigenvalue weighted by Crippen LogP contribution is -2.07. The Morgan fingerprint density at radius 3 is 2.10 bits per heavy atom. The van der Waals surface area contributed by atoms with Crippen LogP contribution in [0.3, 0.4) is 0 Å². The van der Waals surface area contributed by atoms with Crippen LogP contribution in [0.4, 0.5) is 5.69 Å². The van der Waals surface area contributed by atoms with Gasteiger partial charge in [0.05, 0.1) is 5.69 Å². The molecule has 1 atom stereocenters. The Kier molecular flexibility index (Phi) is 4.45. The number of nitrogens with zero attached hydrogens (tertiary/aromatic N) is 2. The molecular formula is C16H23N3S. The van der Waals surface area contributed by atoms with Gasteiger partial charge in [-0.25, -0.2) is 4.98 Å². The minimum absolute atomic E-state index is 0.0414. The largest absolute Gasteiger partial charge is 0.378 e. The van der Waals surface area contributed by atoms with Crippen LogP contribution in [-0.4, -0.2) is 19.1 Å². The summed E-state index contributed by atoms with van der Waals surface area (Å²) < 4.78 is 0. The molecule has 0 aliphatic carbocycles. The summed E-state index contributed by atoms with van der Waals surface area (Å²) in [7, 11) is 4.09. The number of thiazole rings is 1. The first-order valence-electron chi connectivity index (χ1n) is 6.94. The summed E-state index contributed by atoms with van der Waals surface area (Å²) in [4.78, 5) is 8.10. The van der Waals surface area contributed by atoms with Crippen molar-refractivity contribution in [1.82, 2.24) is 4.98 Å². The molecule has 1 aromatic carbocycles. The predicted octanol–water partition coefficient (Wildman–Crippen LogP) is 4.02. The van der Waals surface area contributed by atoms with Crippen LogP contribution in [0, 0.1) is 0 Å². The molecule has 0 saturated carbocycles. The van der Waals surface area contributed by atoms with Crippen LogP contribution in [0.2, 0.25) is 0 Å². The first-order chi connectivity index (χ1) is 9.40. The molecule has 1 unspecified atom stereocenters. The van der Waals surface area contributed by atoms with E-state index in [0.29, 0.717) is 5.92 Å². The average Bonchev–Trinajstić information content (AvgIpc) is 2.84. The summed E-state index contributed by atoms with van der Waals surface area (Å²) in [5, 5.41) is 1.06. The molecule has 2 N–H and O–H groups in total. The van der Waals surface area contributed by atoms with Gasteiger partial charge in [-0.1, -0.05) is 13.8 Å². The smallest absolute Gasteiger partial charge is 0.123 e. The Hall–Kier alpha value is -1.39. The molecule has 1 aromatic heterocycles. The van der Waals surface area contributed by atoms with Gasteiger partial charge in [0, 0.05) is 36.3 Å². The summed E-state index contributed by atoms with van der Waals surface area (Å²) in [6, 6.07) is 8.54. The molecule has 2 aromatic rings. The second-order valence-corrected chi connectivity index (χ2v) is 6.68. The monoisotopic (exact) mass is 289 g/mol. The van der Waals surface area contributed by atoms with Crippen LogP contribution >= 0.6 is 11.3 Å². The van der Waals surface area contributed by atoms with Crippen molar-refractivity contribution >= 4 is 17.0 Å². The number of benzene rings is 1. The Morgan fingerprint density at radius 2 is 1.70 bits per heavy atom. The van der Waals surface area contributed by atoms with E-state index in [1.807, 2.05) is 21.0 Å². The average molecular weight is 289 g/mol. The Balaban J connectivity index is 2.40. The fourth-order valence-corrected chi connectivity index (χ4v) is 3.29. The first kappa shape index (κ1) is 15.0. The zero-order chi connectivity index (χ0) is 14.9. The SMILES string of the molecule is CC(C)c1nc(-c2ccc(N(C)C)cc2)sc1C(C)N. The molecule has 108 valence electrons. The van der Waals surface area contributed by atoms with E-state index >= 15 is 0 Å². The van der Waals surface area contributed by atoms with E-state index in [4.69, 9.17) is 10.7 Å². The first-order valence-corrected chi connectivity index (χ1v) is 7.75. The Labute approximate surface area is 125 Å². The lowest BCUT2D eigenvalue weighted by Gasteiger charge is -2.12. The minimum Gasteiger partial charge on any atom is -0.378 e. The highest BCUT2D eigenvalue weighted by atomic mass is 32.1. The third-order valence-corrected chi connectivity index (χ3v) is 4.59. The molecule has 0 aliphatic rings. The van der Waals surface area contributed by atoms with E-state index in [-0.39, 0.29) is 6.04 Å². The molecule has 4 heteroatoms. The molecule has 0 aliphatic heterocycles. The van der Waals surface area contributed by atoms with Gasteiger partial charge in [0.25, 0.3) is 0 Å². The second-order valence-electron chi connectivity index (χ2n) is 5.65. The summed E-state index contributed by atoms with van der Waals surface area (Å²) in [5.41, 5.74) is 9.56. The van der Waals surface area contributed by atoms with Gasteiger partial charge in [0.15, 0.2) is 0 Å². The van der Waals surface area contributed by atoms with E-state index in [1.165, 1.54) is 10.6 Å². The maximum atomic E-state index is 6.07. The van der Waals surface area contributed by atoms with Crippen LogP contribution in [-0.2, 0) is 0 Å². The van der Waals surface area contributed by atoms with Crippen LogP contribution < -0.4 is 10.6 Å². The molecule has 0 saturated heterocycles. The number of anilines is 1. The fourth-order valence-electron chi connectivity index (χ4n) is 2.11. The fraction of sp³-hybridized carbons (Fsp3) is 0.438. The molecule has 0 radical (unpaired) electrons. The third kappa shape index (κ3) is 3.02. The van der Waals surface area contributed by atoms with Gasteiger partial charge < -0.3 is 10.6 Å². The van der Waals surface area contributed by atoms with Crippen LogP contribution in [0.15, 0.2) is 24.3 Å². The lowest BCUT2D eigenvalue weighted by atomic mass is 10.1. The van der Waals surface area contributed by atoms with Crippen LogP contribution in [0.1, 0.15) is 43.3 Å². The van der Waals surface area contributed by atoms with Crippen molar-refractivity contribution in [3.05, 3.63) is 34.8 Å². The van der Waals surface area contributed by atoms with Crippen molar-refractivity contribution in [2.45, 2.75) is 32.7 Å². The number of hydrogen-bond donors (Lipinski definition) is 1. The molecule has 0 fully saturated rings. The van der Waals surface area contributed by atoms with Crippen molar-refractivity contribution in [3.63, 3.8) is 0 Å². The quantitative estimate of drug-likeness (QED) is 0.924. The standard InChI is InChI=1S/C16H23N3S/c1-10(2)14-15(11(3)17)20-16(18-14)12-6-8-13(9-7-12)19(4)5/h6-11H,17H2,1-5H3. The van der Waals surface area contributed by atoms with E-state index in [1.54, 1.807) is 11.3 Å². The highest BCUT2D eigenvalue weighted by Crippen LogP contribution is 2.35. The second kappa shape index (κ2) is 5.94. The van der Waals surface area contributed by atoms with Gasteiger partial charge in [-0.3, -0.25) is 0 Å². The van der Waals surface area contributed by atoms with Gasteiger partial charge in [0.2, 0.25) is 0 Å². The summed E-state index contributed by atoms with van der Waals surface area (Å²) in [5.74, 6) is 0.405. The topological polar surface area (TPSA) is 42.2 Å². The van der Waals surface area contributed by atoms with Gasteiger partial charge in [-0.2, -0.15) is 0 Å². The Bertz CT molecular complexity index is 542. The van der Waals surface area contributed by atoms with Gasteiger partial charge in [-0.15, -0.1) is 11.3 Å². The van der Waals surface area contributed by atoms with E-state index in [2.05, 4.69) is 43.0 Å². The number of nitrogens with two attached hydrogens (primary N) is 1. The summed E-state index contributed by atoms with van der Waals surface area (Å²) >= 11 is 1.71. The van der Waals surface area contributed by atoms with Crippen LogP contribution in [0.5, 0.6) is 0 Å². The van der Waals surface area contributed by atoms with E-state index in [9.17, 15) is 0 Å². The Morgan fingerprint density at radius 1 is 1.10 bits per heavy atom. The van der Waals surface area contributed by atoms with Gasteiger partial charge >= 0.3 is 0 Å². The van der Waals surface area contributed by atoms with Crippen molar-refractivity contribution in [2.24, 2.45) is 5.73 Å². The van der Waals surface area contributed by atoms with E-state index in [0.717, 1.165) is 16.3 Å². The highest BCUT2D eigenvalue weighted by Gasteiger charge is 2.17. The maximum Gasteiger partial charge on any atom is 0.123 e. The molecule has 1 heterocycles. The van der Waals surface area contributed by atoms with Crippen molar-refractivity contribution in [2.75, 3.05) is 19.0 Å². The van der Waals surface area contributed by atoms with Crippen LogP contribution in [0.25, 0.3) is 10.6 Å². The van der Waals surface area contributed by atoms with Crippen molar-refractivity contribution < 1.29 is 0 Å². The van der Waals surface area contributed by atoms with Crippen molar-refractivity contribution in [1.29, 1.82) is 0 Å². The number of hydrogen-bond acceptors (Lipinski definition) is 4. The molecule has 2 rings (SSSR count). The van der Waals surface area contributed by atoms with E-state index < -0.39 is 0 Å². The number of aromatic nitrogens is 1. The molecule has 0 amide bonds. The molecule has 20 heavy (non-hydrogen) atoms. The highest BCUT2D eigenvalue weighted by molar-refractivity contribution is 7.15. The van der Waals surface area contributed by atoms with Crippen molar-refractivity contribution in [3.8, 4) is 10.6 Å². The minimum atomic E-state index is 0.0414. The maximum absolute atomic E-state index is 6.07. The van der Waals surface area contributed by atoms with Gasteiger partial charge in [-0.05, 0) is 37.1 Å². The molecule has 0 spiro atoms. The van der Waals surface area contributed by atoms with Gasteiger partial charge in [0.1, 0.15) is 5.01 Å². The third-order valence-electron chi connectivity index (χ3n) is 3.27. The molecule has 0 bridgehead atoms. The zero-order valence-electron chi connectivity index (χ0n) is 12.8. The predicted molar refractivity (Wildman–Crippen MR) is 88.6 cm³/mol. The molecular weight excluding hydrogens is 266 g/mol. The normalized spacial score (nSPS) is 12.8. The lowest BCUT2D eigenvalue weighted by molar-refractivity contribution is 0.763.